The second kappa shape index (κ2) is 6.30. The van der Waals surface area contributed by atoms with Gasteiger partial charge < -0.3 is 19.9 Å². The molecule has 96 valence electrons. The normalized spacial score (nSPS) is 10.8. The van der Waals surface area contributed by atoms with Crippen LogP contribution in [0.15, 0.2) is 12.3 Å². The molecule has 0 bridgehead atoms. The van der Waals surface area contributed by atoms with Crippen LogP contribution in [0.5, 0.6) is 0 Å². The summed E-state index contributed by atoms with van der Waals surface area (Å²) in [6.45, 7) is 3.94. The Balaban J connectivity index is 2.61. The number of carbonyl (C=O) groups is 1. The van der Waals surface area contributed by atoms with Crippen molar-refractivity contribution in [1.29, 1.82) is 0 Å². The zero-order valence-corrected chi connectivity index (χ0v) is 10.8. The third-order valence-electron chi connectivity index (χ3n) is 2.36. The maximum atomic E-state index is 11.8. The average molecular weight is 239 g/mol. The number of aryl methyl sites for hydroxylation is 1. The van der Waals surface area contributed by atoms with Gasteiger partial charge in [0.2, 0.25) is 0 Å². The summed E-state index contributed by atoms with van der Waals surface area (Å²) in [4.78, 5) is 13.8. The molecule has 0 aliphatic rings. The fraction of sp³-hybridized carbons (Fsp3) is 0.583. The van der Waals surface area contributed by atoms with E-state index in [4.69, 9.17) is 10.5 Å². The van der Waals surface area contributed by atoms with Crippen molar-refractivity contribution in [1.82, 2.24) is 9.47 Å². The van der Waals surface area contributed by atoms with Gasteiger partial charge in [0.15, 0.2) is 0 Å². The Morgan fingerprint density at radius 2 is 2.24 bits per heavy atom. The van der Waals surface area contributed by atoms with Crippen molar-refractivity contribution in [2.45, 2.75) is 19.9 Å². The van der Waals surface area contributed by atoms with Crippen molar-refractivity contribution in [3.8, 4) is 0 Å². The number of aromatic nitrogens is 1. The number of carbonyl (C=O) groups excluding carboxylic acids is 1. The summed E-state index contributed by atoms with van der Waals surface area (Å²) >= 11 is 0. The minimum Gasteiger partial charge on any atom is -0.460 e. The number of nitrogens with zero attached hydrogens (tertiary/aromatic N) is 2. The third kappa shape index (κ3) is 4.11. The standard InChI is InChI=1S/C12H21N3O2/c1-4-5-15-9-10(13)8-11(15)12(16)17-7-6-14(2)3/h8-9H,4-7,13H2,1-3H3. The lowest BCUT2D eigenvalue weighted by molar-refractivity contribution is 0.0469. The van der Waals surface area contributed by atoms with Crippen LogP contribution in [-0.4, -0.2) is 42.7 Å². The van der Waals surface area contributed by atoms with Crippen LogP contribution in [0.3, 0.4) is 0 Å². The number of rotatable bonds is 6. The first-order valence-electron chi connectivity index (χ1n) is 5.82. The van der Waals surface area contributed by atoms with Gasteiger partial charge in [0.05, 0.1) is 5.69 Å². The smallest absolute Gasteiger partial charge is 0.355 e. The molecule has 17 heavy (non-hydrogen) atoms. The molecule has 5 heteroatoms. The van der Waals surface area contributed by atoms with Crippen LogP contribution in [0.1, 0.15) is 23.8 Å². The number of anilines is 1. The Morgan fingerprint density at radius 3 is 2.82 bits per heavy atom. The van der Waals surface area contributed by atoms with Gasteiger partial charge in [-0.3, -0.25) is 0 Å². The van der Waals surface area contributed by atoms with Gasteiger partial charge in [-0.15, -0.1) is 0 Å². The number of nitrogen functional groups attached to an aromatic ring is 1. The fourth-order valence-electron chi connectivity index (χ4n) is 1.52. The van der Waals surface area contributed by atoms with E-state index in [-0.39, 0.29) is 5.97 Å². The van der Waals surface area contributed by atoms with Gasteiger partial charge in [0.1, 0.15) is 12.3 Å². The van der Waals surface area contributed by atoms with Gasteiger partial charge in [0, 0.05) is 19.3 Å². The van der Waals surface area contributed by atoms with E-state index in [9.17, 15) is 4.79 Å². The molecule has 1 rings (SSSR count). The molecule has 2 N–H and O–H groups in total. The molecule has 1 aromatic rings. The summed E-state index contributed by atoms with van der Waals surface area (Å²) in [6, 6.07) is 1.66. The van der Waals surface area contributed by atoms with Crippen LogP contribution in [0, 0.1) is 0 Å². The Hall–Kier alpha value is -1.49. The molecular formula is C12H21N3O2. The molecule has 0 aliphatic heterocycles. The first-order chi connectivity index (χ1) is 8.04. The average Bonchev–Trinajstić information content (AvgIpc) is 2.59. The second-order valence-electron chi connectivity index (χ2n) is 4.29. The van der Waals surface area contributed by atoms with E-state index in [0.29, 0.717) is 18.0 Å². The van der Waals surface area contributed by atoms with Crippen LogP contribution >= 0.6 is 0 Å². The summed E-state index contributed by atoms with van der Waals surface area (Å²) in [7, 11) is 3.87. The van der Waals surface area contributed by atoms with Crippen molar-refractivity contribution in [3.63, 3.8) is 0 Å². The molecule has 0 spiro atoms. The van der Waals surface area contributed by atoms with E-state index in [1.807, 2.05) is 23.6 Å². The Kier molecular flexibility index (Phi) is 5.03. The van der Waals surface area contributed by atoms with Crippen molar-refractivity contribution in [2.75, 3.05) is 33.0 Å². The highest BCUT2D eigenvalue weighted by Crippen LogP contribution is 2.12. The minimum atomic E-state index is -0.308. The van der Waals surface area contributed by atoms with Crippen LogP contribution in [-0.2, 0) is 11.3 Å². The SMILES string of the molecule is CCCn1cc(N)cc1C(=O)OCCN(C)C. The molecule has 0 fully saturated rings. The first-order valence-corrected chi connectivity index (χ1v) is 5.82. The maximum Gasteiger partial charge on any atom is 0.355 e. The van der Waals surface area contributed by atoms with Gasteiger partial charge in [0.25, 0.3) is 0 Å². The van der Waals surface area contributed by atoms with Crippen LogP contribution in [0.25, 0.3) is 0 Å². The molecule has 5 nitrogen and oxygen atoms in total. The summed E-state index contributed by atoms with van der Waals surface area (Å²) in [5.74, 6) is -0.308. The molecule has 0 aliphatic carbocycles. The van der Waals surface area contributed by atoms with Crippen molar-refractivity contribution < 1.29 is 9.53 Å². The highest BCUT2D eigenvalue weighted by atomic mass is 16.5. The number of likely N-dealkylation sites (N-methyl/N-ethyl adjacent to an activating group) is 1. The lowest BCUT2D eigenvalue weighted by Crippen LogP contribution is -2.21. The van der Waals surface area contributed by atoms with Gasteiger partial charge in [-0.25, -0.2) is 4.79 Å². The summed E-state index contributed by atoms with van der Waals surface area (Å²) in [5, 5.41) is 0. The predicted molar refractivity (Wildman–Crippen MR) is 68.0 cm³/mol. The van der Waals surface area contributed by atoms with Crippen molar-refractivity contribution >= 4 is 11.7 Å². The predicted octanol–water partition coefficient (Wildman–Crippen LogP) is 1.20. The topological polar surface area (TPSA) is 60.5 Å². The van der Waals surface area contributed by atoms with Crippen molar-refractivity contribution in [2.24, 2.45) is 0 Å². The van der Waals surface area contributed by atoms with E-state index in [2.05, 4.69) is 6.92 Å². The Bertz CT molecular complexity index is 372. The zero-order valence-electron chi connectivity index (χ0n) is 10.8. The summed E-state index contributed by atoms with van der Waals surface area (Å²) in [6.07, 6.45) is 2.72. The highest BCUT2D eigenvalue weighted by Gasteiger charge is 2.13. The maximum absolute atomic E-state index is 11.8. The van der Waals surface area contributed by atoms with E-state index in [1.165, 1.54) is 0 Å². The number of ether oxygens (including phenoxy) is 1. The quantitative estimate of drug-likeness (QED) is 0.758. The molecule has 0 amide bonds. The largest absolute Gasteiger partial charge is 0.460 e. The van der Waals surface area contributed by atoms with E-state index < -0.39 is 0 Å². The summed E-state index contributed by atoms with van der Waals surface area (Å²) in [5.41, 5.74) is 6.81. The third-order valence-corrected chi connectivity index (χ3v) is 2.36. The second-order valence-corrected chi connectivity index (χ2v) is 4.29. The summed E-state index contributed by atoms with van der Waals surface area (Å²) < 4.78 is 7.02. The molecule has 0 saturated heterocycles. The first kappa shape index (κ1) is 13.6. The number of hydrogen-bond acceptors (Lipinski definition) is 4. The van der Waals surface area contributed by atoms with Gasteiger partial charge in [-0.1, -0.05) is 6.92 Å². The molecule has 0 aromatic carbocycles. The van der Waals surface area contributed by atoms with Gasteiger partial charge in [-0.2, -0.15) is 0 Å². The van der Waals surface area contributed by atoms with E-state index >= 15 is 0 Å². The monoisotopic (exact) mass is 239 g/mol. The fourth-order valence-corrected chi connectivity index (χ4v) is 1.52. The van der Waals surface area contributed by atoms with E-state index in [0.717, 1.165) is 19.5 Å². The Morgan fingerprint density at radius 1 is 1.53 bits per heavy atom. The van der Waals surface area contributed by atoms with E-state index in [1.54, 1.807) is 12.3 Å². The number of hydrogen-bond donors (Lipinski definition) is 1. The molecule has 1 heterocycles. The molecule has 0 unspecified atom stereocenters. The lowest BCUT2D eigenvalue weighted by atomic mass is 10.4. The lowest BCUT2D eigenvalue weighted by Gasteiger charge is -2.11. The van der Waals surface area contributed by atoms with Crippen LogP contribution < -0.4 is 5.73 Å². The zero-order chi connectivity index (χ0) is 12.8. The Labute approximate surface area is 102 Å². The molecular weight excluding hydrogens is 218 g/mol. The molecule has 0 atom stereocenters. The molecule has 0 saturated carbocycles. The van der Waals surface area contributed by atoms with Gasteiger partial charge in [-0.05, 0) is 26.6 Å². The molecule has 0 radical (unpaired) electrons. The van der Waals surface area contributed by atoms with Crippen molar-refractivity contribution in [3.05, 3.63) is 18.0 Å². The molecule has 1 aromatic heterocycles. The highest BCUT2D eigenvalue weighted by molar-refractivity contribution is 5.89. The number of esters is 1. The van der Waals surface area contributed by atoms with Gasteiger partial charge >= 0.3 is 5.97 Å². The minimum absolute atomic E-state index is 0.308. The van der Waals surface area contributed by atoms with Crippen LogP contribution in [0.2, 0.25) is 0 Å². The number of nitrogens with two attached hydrogens (primary N) is 1. The van der Waals surface area contributed by atoms with Crippen LogP contribution in [0.4, 0.5) is 5.69 Å².